The van der Waals surface area contributed by atoms with E-state index in [1.165, 1.54) is 10.6 Å². The molecule has 0 aliphatic carbocycles. The molecule has 8 heteroatoms. The van der Waals surface area contributed by atoms with Gasteiger partial charge in [0.1, 0.15) is 0 Å². The van der Waals surface area contributed by atoms with E-state index in [1.54, 1.807) is 0 Å². The van der Waals surface area contributed by atoms with E-state index in [1.807, 2.05) is 13.8 Å². The van der Waals surface area contributed by atoms with Crippen LogP contribution in [0.15, 0.2) is 4.99 Å². The Morgan fingerprint density at radius 2 is 1.92 bits per heavy atom. The first-order valence-electron chi connectivity index (χ1n) is 8.97. The Morgan fingerprint density at radius 3 is 2.42 bits per heavy atom. The van der Waals surface area contributed by atoms with Gasteiger partial charge < -0.3 is 15.7 Å². The first-order valence-corrected chi connectivity index (χ1v) is 10.8. The highest BCUT2D eigenvalue weighted by atomic mass is 32.2. The van der Waals surface area contributed by atoms with Gasteiger partial charge in [0, 0.05) is 39.3 Å². The molecule has 0 aliphatic heterocycles. The maximum Gasteiger partial charge on any atom is 0.211 e. The van der Waals surface area contributed by atoms with E-state index in [0.717, 1.165) is 38.2 Å². The fourth-order valence-electron chi connectivity index (χ4n) is 2.50. The highest BCUT2D eigenvalue weighted by Gasteiger charge is 2.13. The van der Waals surface area contributed by atoms with Crippen LogP contribution in [-0.2, 0) is 10.0 Å². The standard InChI is InChI=1S/C16H36N4O3S/c1-5-9-15(10-13-21)14-19-16(17-6-2)18-11-8-12-20(7-3)24(4,22)23/h15,21H,5-14H2,1-4H3,(H2,17,18,19). The van der Waals surface area contributed by atoms with Crippen molar-refractivity contribution in [2.45, 2.75) is 46.5 Å². The van der Waals surface area contributed by atoms with Crippen LogP contribution < -0.4 is 10.6 Å². The van der Waals surface area contributed by atoms with Crippen LogP contribution in [0.2, 0.25) is 0 Å². The smallest absolute Gasteiger partial charge is 0.211 e. The number of guanidine groups is 1. The lowest BCUT2D eigenvalue weighted by Gasteiger charge is -2.18. The Kier molecular flexibility index (Phi) is 13.0. The maximum absolute atomic E-state index is 11.5. The summed E-state index contributed by atoms with van der Waals surface area (Å²) in [7, 11) is -3.12. The Labute approximate surface area is 148 Å². The number of aliphatic hydroxyl groups excluding tert-OH is 1. The summed E-state index contributed by atoms with van der Waals surface area (Å²) in [6.07, 6.45) is 4.88. The van der Waals surface area contributed by atoms with Gasteiger partial charge in [-0.2, -0.15) is 0 Å². The third-order valence-electron chi connectivity index (χ3n) is 3.78. The van der Waals surface area contributed by atoms with Gasteiger partial charge >= 0.3 is 0 Å². The lowest BCUT2D eigenvalue weighted by Crippen LogP contribution is -2.39. The number of aliphatic hydroxyl groups is 1. The average molecular weight is 365 g/mol. The Hall–Kier alpha value is -0.860. The number of sulfonamides is 1. The minimum absolute atomic E-state index is 0.197. The second-order valence-corrected chi connectivity index (χ2v) is 7.90. The number of hydrogen-bond donors (Lipinski definition) is 3. The zero-order valence-electron chi connectivity index (χ0n) is 15.7. The highest BCUT2D eigenvalue weighted by Crippen LogP contribution is 2.10. The average Bonchev–Trinajstić information content (AvgIpc) is 2.51. The van der Waals surface area contributed by atoms with E-state index in [2.05, 4.69) is 22.5 Å². The van der Waals surface area contributed by atoms with Crippen molar-refractivity contribution in [3.8, 4) is 0 Å². The Balaban J connectivity index is 4.39. The minimum atomic E-state index is -3.12. The van der Waals surface area contributed by atoms with Crippen molar-refractivity contribution in [2.24, 2.45) is 10.9 Å². The highest BCUT2D eigenvalue weighted by molar-refractivity contribution is 7.88. The lowest BCUT2D eigenvalue weighted by atomic mass is 10.0. The second kappa shape index (κ2) is 13.4. The van der Waals surface area contributed by atoms with Gasteiger partial charge in [-0.1, -0.05) is 20.3 Å². The molecule has 0 aromatic rings. The van der Waals surface area contributed by atoms with Crippen LogP contribution in [0.5, 0.6) is 0 Å². The topological polar surface area (TPSA) is 94.0 Å². The van der Waals surface area contributed by atoms with Crippen LogP contribution in [0.3, 0.4) is 0 Å². The van der Waals surface area contributed by atoms with E-state index in [9.17, 15) is 8.42 Å². The molecule has 0 heterocycles. The molecule has 0 rings (SSSR count). The van der Waals surface area contributed by atoms with Gasteiger partial charge in [0.2, 0.25) is 10.0 Å². The zero-order chi connectivity index (χ0) is 18.4. The molecular formula is C16H36N4O3S. The molecule has 0 aromatic carbocycles. The van der Waals surface area contributed by atoms with Crippen molar-refractivity contribution in [3.05, 3.63) is 0 Å². The van der Waals surface area contributed by atoms with Gasteiger partial charge in [-0.05, 0) is 32.1 Å². The van der Waals surface area contributed by atoms with E-state index < -0.39 is 10.0 Å². The molecule has 0 aromatic heterocycles. The number of nitrogens with zero attached hydrogens (tertiary/aromatic N) is 2. The molecule has 0 saturated carbocycles. The van der Waals surface area contributed by atoms with Crippen LogP contribution in [0.4, 0.5) is 0 Å². The Morgan fingerprint density at radius 1 is 1.21 bits per heavy atom. The second-order valence-electron chi connectivity index (χ2n) is 5.92. The van der Waals surface area contributed by atoms with Gasteiger partial charge in [0.05, 0.1) is 6.26 Å². The van der Waals surface area contributed by atoms with Crippen LogP contribution in [-0.4, -0.2) is 69.4 Å². The molecule has 0 radical (unpaired) electrons. The number of hydrogen-bond acceptors (Lipinski definition) is 4. The van der Waals surface area contributed by atoms with Crippen molar-refractivity contribution >= 4 is 16.0 Å². The summed E-state index contributed by atoms with van der Waals surface area (Å²) in [6, 6.07) is 0. The number of aliphatic imine (C=N–C) groups is 1. The molecule has 0 fully saturated rings. The summed E-state index contributed by atoms with van der Waals surface area (Å²) in [5, 5.41) is 15.6. The molecule has 1 atom stereocenters. The van der Waals surface area contributed by atoms with E-state index >= 15 is 0 Å². The Bertz CT molecular complexity index is 435. The molecule has 3 N–H and O–H groups in total. The van der Waals surface area contributed by atoms with Gasteiger partial charge in [0.25, 0.3) is 0 Å². The fourth-order valence-corrected chi connectivity index (χ4v) is 3.43. The molecule has 144 valence electrons. The van der Waals surface area contributed by atoms with Crippen LogP contribution in [0.1, 0.15) is 46.5 Å². The summed E-state index contributed by atoms with van der Waals surface area (Å²) >= 11 is 0. The van der Waals surface area contributed by atoms with Crippen molar-refractivity contribution in [1.82, 2.24) is 14.9 Å². The number of nitrogens with one attached hydrogen (secondary N) is 2. The third kappa shape index (κ3) is 10.8. The van der Waals surface area contributed by atoms with Crippen molar-refractivity contribution in [2.75, 3.05) is 45.6 Å². The van der Waals surface area contributed by atoms with E-state index in [-0.39, 0.29) is 6.61 Å². The van der Waals surface area contributed by atoms with Gasteiger partial charge in [-0.3, -0.25) is 4.99 Å². The minimum Gasteiger partial charge on any atom is -0.396 e. The summed E-state index contributed by atoms with van der Waals surface area (Å²) in [6.45, 7) is 9.31. The summed E-state index contributed by atoms with van der Waals surface area (Å²) in [5.74, 6) is 1.15. The summed E-state index contributed by atoms with van der Waals surface area (Å²) in [5.41, 5.74) is 0. The lowest BCUT2D eigenvalue weighted by molar-refractivity contribution is 0.253. The molecule has 0 saturated heterocycles. The molecule has 0 aliphatic rings. The SMILES string of the molecule is CCCC(CCO)CN=C(NCC)NCCCN(CC)S(C)(=O)=O. The largest absolute Gasteiger partial charge is 0.396 e. The first-order chi connectivity index (χ1) is 11.4. The molecule has 0 spiro atoms. The zero-order valence-corrected chi connectivity index (χ0v) is 16.5. The van der Waals surface area contributed by atoms with Gasteiger partial charge in [0.15, 0.2) is 5.96 Å². The van der Waals surface area contributed by atoms with E-state index in [0.29, 0.717) is 32.1 Å². The normalized spacial score (nSPS) is 14.0. The van der Waals surface area contributed by atoms with Gasteiger partial charge in [-0.25, -0.2) is 12.7 Å². The fraction of sp³-hybridized carbons (Fsp3) is 0.938. The van der Waals surface area contributed by atoms with Crippen LogP contribution in [0, 0.1) is 5.92 Å². The van der Waals surface area contributed by atoms with Crippen LogP contribution >= 0.6 is 0 Å². The first kappa shape index (κ1) is 23.1. The van der Waals surface area contributed by atoms with Crippen molar-refractivity contribution < 1.29 is 13.5 Å². The predicted octanol–water partition coefficient (Wildman–Crippen LogP) is 1.01. The summed E-state index contributed by atoms with van der Waals surface area (Å²) < 4.78 is 24.6. The number of rotatable bonds is 13. The molecule has 1 unspecified atom stereocenters. The molecule has 24 heavy (non-hydrogen) atoms. The molecular weight excluding hydrogens is 328 g/mol. The van der Waals surface area contributed by atoms with Gasteiger partial charge in [-0.15, -0.1) is 0 Å². The van der Waals surface area contributed by atoms with Crippen molar-refractivity contribution in [1.29, 1.82) is 0 Å². The molecule has 7 nitrogen and oxygen atoms in total. The predicted molar refractivity (Wildman–Crippen MR) is 101 cm³/mol. The third-order valence-corrected chi connectivity index (χ3v) is 5.16. The van der Waals surface area contributed by atoms with E-state index in [4.69, 9.17) is 5.11 Å². The maximum atomic E-state index is 11.5. The van der Waals surface area contributed by atoms with Crippen molar-refractivity contribution in [3.63, 3.8) is 0 Å². The van der Waals surface area contributed by atoms with Crippen LogP contribution in [0.25, 0.3) is 0 Å². The quantitative estimate of drug-likeness (QED) is 0.258. The molecule has 0 amide bonds. The monoisotopic (exact) mass is 364 g/mol. The summed E-state index contributed by atoms with van der Waals surface area (Å²) in [4.78, 5) is 4.59. The molecule has 0 bridgehead atoms.